The molecule has 0 atom stereocenters. The average molecular weight is 695 g/mol. The molecule has 0 spiro atoms. The standard InChI is InChI=1S/C28H24Br2ClFN4O4/c1-3-6-23-35-21-10-9-17(29)12-20(21)28(38)36(23)33-14-16-11-22(39-4-2)27(26(31)25(16)30)40-15-24(37)34-19-8-5-7-18(32)13-19/h5,7-14H,3-4,6,15H2,1-2H3,(H,34,37). The quantitative estimate of drug-likeness (QED) is 0.181. The van der Waals surface area contributed by atoms with Crippen molar-refractivity contribution in [3.8, 4) is 11.5 Å². The van der Waals surface area contributed by atoms with Crippen LogP contribution in [0.3, 0.4) is 0 Å². The fourth-order valence-corrected chi connectivity index (χ4v) is 4.83. The molecule has 0 aliphatic heterocycles. The van der Waals surface area contributed by atoms with E-state index in [-0.39, 0.29) is 22.1 Å². The van der Waals surface area contributed by atoms with Gasteiger partial charge in [-0.3, -0.25) is 9.59 Å². The first kappa shape index (κ1) is 29.7. The van der Waals surface area contributed by atoms with Gasteiger partial charge < -0.3 is 14.8 Å². The summed E-state index contributed by atoms with van der Waals surface area (Å²) in [5.41, 5.74) is 1.09. The predicted octanol–water partition coefficient (Wildman–Crippen LogP) is 6.96. The topological polar surface area (TPSA) is 94.8 Å². The molecule has 40 heavy (non-hydrogen) atoms. The zero-order chi connectivity index (χ0) is 28.8. The number of benzene rings is 3. The van der Waals surface area contributed by atoms with E-state index in [1.54, 1.807) is 31.2 Å². The molecular formula is C28H24Br2ClFN4O4. The van der Waals surface area contributed by atoms with Crippen molar-refractivity contribution < 1.29 is 18.7 Å². The van der Waals surface area contributed by atoms with Crippen LogP contribution >= 0.6 is 43.5 Å². The molecule has 0 saturated carbocycles. The van der Waals surface area contributed by atoms with Gasteiger partial charge in [0.05, 0.1) is 23.7 Å². The Balaban J connectivity index is 1.65. The van der Waals surface area contributed by atoms with Crippen LogP contribution < -0.4 is 20.3 Å². The van der Waals surface area contributed by atoms with Crippen molar-refractivity contribution in [2.24, 2.45) is 5.10 Å². The third kappa shape index (κ3) is 6.89. The smallest absolute Gasteiger partial charge is 0.282 e. The van der Waals surface area contributed by atoms with Crippen LogP contribution in [0, 0.1) is 5.82 Å². The number of hydrogen-bond donors (Lipinski definition) is 1. The second kappa shape index (κ2) is 13.4. The number of halogens is 4. The van der Waals surface area contributed by atoms with Crippen molar-refractivity contribution in [2.45, 2.75) is 26.7 Å². The van der Waals surface area contributed by atoms with Crippen molar-refractivity contribution >= 4 is 72.2 Å². The molecule has 1 amide bonds. The molecule has 4 rings (SSSR count). The maximum Gasteiger partial charge on any atom is 0.282 e. The number of anilines is 1. The maximum absolute atomic E-state index is 13.4. The van der Waals surface area contributed by atoms with Crippen molar-refractivity contribution in [1.82, 2.24) is 9.66 Å². The van der Waals surface area contributed by atoms with E-state index in [1.807, 2.05) is 13.0 Å². The summed E-state index contributed by atoms with van der Waals surface area (Å²) in [4.78, 5) is 30.4. The van der Waals surface area contributed by atoms with E-state index in [1.165, 1.54) is 29.1 Å². The number of nitrogens with one attached hydrogen (secondary N) is 1. The second-order valence-corrected chi connectivity index (χ2v) is 10.6. The summed E-state index contributed by atoms with van der Waals surface area (Å²) in [5, 5.41) is 7.60. The fourth-order valence-electron chi connectivity index (χ4n) is 3.82. The van der Waals surface area contributed by atoms with Crippen LogP contribution in [0.25, 0.3) is 10.9 Å². The molecule has 1 N–H and O–H groups in total. The molecule has 208 valence electrons. The van der Waals surface area contributed by atoms with Gasteiger partial charge in [-0.05, 0) is 71.7 Å². The monoisotopic (exact) mass is 692 g/mol. The Morgan fingerprint density at radius 2 is 1.98 bits per heavy atom. The molecule has 0 radical (unpaired) electrons. The summed E-state index contributed by atoms with van der Waals surface area (Å²) in [6, 6.07) is 12.5. The number of carbonyl (C=O) groups excluding carboxylic acids is 1. The van der Waals surface area contributed by atoms with Gasteiger partial charge in [-0.25, -0.2) is 9.37 Å². The lowest BCUT2D eigenvalue weighted by Crippen LogP contribution is -2.22. The molecule has 0 saturated heterocycles. The van der Waals surface area contributed by atoms with Crippen LogP contribution in [0.5, 0.6) is 11.5 Å². The van der Waals surface area contributed by atoms with Gasteiger partial charge in [0.1, 0.15) is 16.7 Å². The third-order valence-electron chi connectivity index (χ3n) is 5.57. The van der Waals surface area contributed by atoms with Crippen LogP contribution in [-0.4, -0.2) is 35.0 Å². The molecule has 0 bridgehead atoms. The van der Waals surface area contributed by atoms with E-state index in [0.29, 0.717) is 45.5 Å². The van der Waals surface area contributed by atoms with E-state index in [2.05, 4.69) is 47.3 Å². The van der Waals surface area contributed by atoms with Gasteiger partial charge >= 0.3 is 0 Å². The van der Waals surface area contributed by atoms with E-state index in [4.69, 9.17) is 21.1 Å². The van der Waals surface area contributed by atoms with Crippen LogP contribution in [-0.2, 0) is 11.2 Å². The zero-order valence-electron chi connectivity index (χ0n) is 21.5. The Kier molecular flexibility index (Phi) is 9.94. The van der Waals surface area contributed by atoms with E-state index >= 15 is 0 Å². The van der Waals surface area contributed by atoms with E-state index in [0.717, 1.165) is 10.9 Å². The highest BCUT2D eigenvalue weighted by Gasteiger charge is 2.19. The maximum atomic E-state index is 13.4. The van der Waals surface area contributed by atoms with Gasteiger partial charge in [0.25, 0.3) is 11.5 Å². The normalized spacial score (nSPS) is 11.2. The highest BCUT2D eigenvalue weighted by Crippen LogP contribution is 2.42. The minimum Gasteiger partial charge on any atom is -0.490 e. The first-order chi connectivity index (χ1) is 19.2. The molecule has 4 aromatic rings. The first-order valence-electron chi connectivity index (χ1n) is 12.3. The SMILES string of the molecule is CCCc1nc2ccc(Br)cc2c(=O)n1N=Cc1cc(OCC)c(OCC(=O)Nc2cccc(F)c2)c(Cl)c1Br. The molecule has 3 aromatic carbocycles. The minimum absolute atomic E-state index is 0.142. The van der Waals surface area contributed by atoms with Crippen LogP contribution in [0.15, 0.2) is 67.4 Å². The van der Waals surface area contributed by atoms with Gasteiger partial charge in [0, 0.05) is 26.6 Å². The molecule has 12 heteroatoms. The lowest BCUT2D eigenvalue weighted by molar-refractivity contribution is -0.118. The molecule has 1 heterocycles. The number of rotatable bonds is 10. The molecule has 0 fully saturated rings. The molecule has 0 aliphatic carbocycles. The van der Waals surface area contributed by atoms with Crippen molar-refractivity contribution in [3.63, 3.8) is 0 Å². The van der Waals surface area contributed by atoms with Crippen molar-refractivity contribution in [3.05, 3.63) is 90.1 Å². The number of nitrogens with zero attached hydrogens (tertiary/aromatic N) is 3. The lowest BCUT2D eigenvalue weighted by atomic mass is 10.2. The number of aryl methyl sites for hydroxylation is 1. The van der Waals surface area contributed by atoms with Crippen LogP contribution in [0.4, 0.5) is 10.1 Å². The van der Waals surface area contributed by atoms with E-state index < -0.39 is 18.3 Å². The largest absolute Gasteiger partial charge is 0.490 e. The Morgan fingerprint density at radius 1 is 1.18 bits per heavy atom. The third-order valence-corrected chi connectivity index (χ3v) is 7.51. The average Bonchev–Trinajstić information content (AvgIpc) is 2.91. The van der Waals surface area contributed by atoms with Gasteiger partial charge in [0.15, 0.2) is 18.1 Å². The number of ether oxygens (including phenoxy) is 2. The lowest BCUT2D eigenvalue weighted by Gasteiger charge is -2.16. The van der Waals surface area contributed by atoms with Crippen LogP contribution in [0.2, 0.25) is 5.02 Å². The number of fused-ring (bicyclic) bond motifs is 1. The van der Waals surface area contributed by atoms with Gasteiger partial charge in [-0.1, -0.05) is 40.5 Å². The minimum atomic E-state index is -0.510. The Labute approximate surface area is 251 Å². The number of aromatic nitrogens is 2. The molecule has 0 unspecified atom stereocenters. The van der Waals surface area contributed by atoms with Crippen molar-refractivity contribution in [1.29, 1.82) is 0 Å². The molecule has 0 aliphatic rings. The van der Waals surface area contributed by atoms with Crippen LogP contribution in [0.1, 0.15) is 31.7 Å². The first-order valence-corrected chi connectivity index (χ1v) is 14.3. The van der Waals surface area contributed by atoms with Gasteiger partial charge in [-0.2, -0.15) is 9.78 Å². The summed E-state index contributed by atoms with van der Waals surface area (Å²) < 4.78 is 27.3. The number of amides is 1. The number of hydrogen-bond acceptors (Lipinski definition) is 6. The number of carbonyl (C=O) groups is 1. The highest BCUT2D eigenvalue weighted by atomic mass is 79.9. The highest BCUT2D eigenvalue weighted by molar-refractivity contribution is 9.10. The predicted molar refractivity (Wildman–Crippen MR) is 162 cm³/mol. The second-order valence-electron chi connectivity index (χ2n) is 8.50. The Bertz CT molecular complexity index is 1660. The molecular weight excluding hydrogens is 671 g/mol. The summed E-state index contributed by atoms with van der Waals surface area (Å²) in [7, 11) is 0. The van der Waals surface area contributed by atoms with E-state index in [9.17, 15) is 14.0 Å². The molecule has 8 nitrogen and oxygen atoms in total. The summed E-state index contributed by atoms with van der Waals surface area (Å²) in [5.74, 6) is -0.0439. The summed E-state index contributed by atoms with van der Waals surface area (Å²) in [6.45, 7) is 3.68. The zero-order valence-corrected chi connectivity index (χ0v) is 25.4. The van der Waals surface area contributed by atoms with Gasteiger partial charge in [0.2, 0.25) is 0 Å². The molecule has 1 aromatic heterocycles. The Hall–Kier alpha value is -3.28. The fraction of sp³-hybridized carbons (Fsp3) is 0.214. The van der Waals surface area contributed by atoms with Gasteiger partial charge in [-0.15, -0.1) is 0 Å². The van der Waals surface area contributed by atoms with Crippen molar-refractivity contribution in [2.75, 3.05) is 18.5 Å². The Morgan fingerprint density at radius 3 is 2.70 bits per heavy atom. The summed E-state index contributed by atoms with van der Waals surface area (Å²) >= 11 is 13.5. The summed E-state index contributed by atoms with van der Waals surface area (Å²) in [6.07, 6.45) is 2.80.